The number of thioether (sulfide) groups is 1. The van der Waals surface area contributed by atoms with Gasteiger partial charge < -0.3 is 9.73 Å². The highest BCUT2D eigenvalue weighted by Gasteiger charge is 2.24. The van der Waals surface area contributed by atoms with Crippen molar-refractivity contribution in [2.24, 2.45) is 0 Å². The average molecular weight is 359 g/mol. The molecule has 0 saturated carbocycles. The summed E-state index contributed by atoms with van der Waals surface area (Å²) >= 11 is 1.44. The van der Waals surface area contributed by atoms with Crippen molar-refractivity contribution in [1.82, 2.24) is 10.9 Å². The fraction of sp³-hybridized carbons (Fsp3) is 0.235. The Balaban J connectivity index is 1.68. The molecule has 25 heavy (non-hydrogen) atoms. The summed E-state index contributed by atoms with van der Waals surface area (Å²) in [5.74, 6) is 0.0532. The van der Waals surface area contributed by atoms with Gasteiger partial charge in [-0.1, -0.05) is 0 Å². The molecule has 1 aromatic heterocycles. The highest BCUT2D eigenvalue weighted by Crippen LogP contribution is 2.35. The molecule has 0 fully saturated rings. The number of fused-ring (bicyclic) bond motifs is 1. The van der Waals surface area contributed by atoms with Crippen LogP contribution in [-0.2, 0) is 4.79 Å². The fourth-order valence-corrected chi connectivity index (χ4v) is 3.39. The van der Waals surface area contributed by atoms with Crippen LogP contribution in [0.5, 0.6) is 0 Å². The standard InChI is InChI=1S/C17H17N3O4S/c1-8-6-12(9(2)24-8)17(23)20-19-16(22)11-4-5-14-13(7-11)18-15(21)10(3)25-14/h4-7,10H,1-3H3,(H,18,21)(H,19,22)(H,20,23)/t10-/m1/s1. The number of nitrogens with one attached hydrogen (secondary N) is 3. The third-order valence-electron chi connectivity index (χ3n) is 3.75. The summed E-state index contributed by atoms with van der Waals surface area (Å²) in [4.78, 5) is 37.0. The van der Waals surface area contributed by atoms with Gasteiger partial charge in [0, 0.05) is 10.5 Å². The van der Waals surface area contributed by atoms with Crippen LogP contribution in [-0.4, -0.2) is 23.0 Å². The molecule has 0 bridgehead atoms. The second kappa shape index (κ2) is 6.64. The van der Waals surface area contributed by atoms with Gasteiger partial charge in [0.1, 0.15) is 11.5 Å². The van der Waals surface area contributed by atoms with Gasteiger partial charge in [-0.2, -0.15) is 0 Å². The Morgan fingerprint density at radius 2 is 1.88 bits per heavy atom. The van der Waals surface area contributed by atoms with E-state index in [1.54, 1.807) is 38.1 Å². The minimum absolute atomic E-state index is 0.103. The maximum Gasteiger partial charge on any atom is 0.273 e. The SMILES string of the molecule is Cc1cc(C(=O)NNC(=O)c2ccc3c(c2)NC(=O)[C@@H](C)S3)c(C)o1. The quantitative estimate of drug-likeness (QED) is 0.715. The first-order chi connectivity index (χ1) is 11.8. The molecule has 1 aromatic carbocycles. The minimum atomic E-state index is -0.480. The Labute approximate surface area is 148 Å². The van der Waals surface area contributed by atoms with E-state index in [0.717, 1.165) is 4.90 Å². The molecule has 3 rings (SSSR count). The van der Waals surface area contributed by atoms with Gasteiger partial charge in [0.2, 0.25) is 5.91 Å². The number of aryl methyl sites for hydroxylation is 2. The molecule has 1 aliphatic rings. The molecule has 0 saturated heterocycles. The van der Waals surface area contributed by atoms with E-state index in [4.69, 9.17) is 4.42 Å². The van der Waals surface area contributed by atoms with Gasteiger partial charge in [-0.25, -0.2) is 0 Å². The Morgan fingerprint density at radius 3 is 2.56 bits per heavy atom. The lowest BCUT2D eigenvalue weighted by molar-refractivity contribution is -0.115. The zero-order chi connectivity index (χ0) is 18.1. The van der Waals surface area contributed by atoms with Gasteiger partial charge in [0.05, 0.1) is 16.5 Å². The van der Waals surface area contributed by atoms with E-state index in [2.05, 4.69) is 16.2 Å². The van der Waals surface area contributed by atoms with Crippen molar-refractivity contribution >= 4 is 35.2 Å². The summed E-state index contributed by atoms with van der Waals surface area (Å²) in [6.07, 6.45) is 0. The van der Waals surface area contributed by atoms with Gasteiger partial charge in [0.15, 0.2) is 0 Å². The molecule has 8 heteroatoms. The molecule has 130 valence electrons. The second-order valence-electron chi connectivity index (χ2n) is 5.70. The highest BCUT2D eigenvalue weighted by molar-refractivity contribution is 8.00. The van der Waals surface area contributed by atoms with Crippen molar-refractivity contribution in [3.05, 3.63) is 46.9 Å². The highest BCUT2D eigenvalue weighted by atomic mass is 32.2. The lowest BCUT2D eigenvalue weighted by Gasteiger charge is -2.21. The van der Waals surface area contributed by atoms with E-state index in [1.807, 2.05) is 6.92 Å². The lowest BCUT2D eigenvalue weighted by Crippen LogP contribution is -2.41. The van der Waals surface area contributed by atoms with E-state index in [1.165, 1.54) is 11.8 Å². The molecule has 0 aliphatic carbocycles. The number of benzene rings is 1. The van der Waals surface area contributed by atoms with Crippen molar-refractivity contribution in [2.75, 3.05) is 5.32 Å². The number of amides is 3. The number of hydrogen-bond acceptors (Lipinski definition) is 5. The van der Waals surface area contributed by atoms with Crippen LogP contribution in [0, 0.1) is 13.8 Å². The molecular formula is C17H17N3O4S. The lowest BCUT2D eigenvalue weighted by atomic mass is 10.2. The largest absolute Gasteiger partial charge is 0.466 e. The molecule has 1 atom stereocenters. The average Bonchev–Trinajstić information content (AvgIpc) is 2.91. The molecular weight excluding hydrogens is 342 g/mol. The number of carbonyl (C=O) groups is 3. The number of carbonyl (C=O) groups excluding carboxylic acids is 3. The molecule has 0 spiro atoms. The number of anilines is 1. The molecule has 3 amide bonds. The minimum Gasteiger partial charge on any atom is -0.466 e. The van der Waals surface area contributed by atoms with Crippen molar-refractivity contribution in [2.45, 2.75) is 30.9 Å². The van der Waals surface area contributed by atoms with Crippen LogP contribution >= 0.6 is 11.8 Å². The summed E-state index contributed by atoms with van der Waals surface area (Å²) in [7, 11) is 0. The molecule has 0 radical (unpaired) electrons. The number of hydrogen-bond donors (Lipinski definition) is 3. The van der Waals surface area contributed by atoms with E-state index >= 15 is 0 Å². The number of furan rings is 1. The first-order valence-corrected chi connectivity index (χ1v) is 8.52. The molecule has 3 N–H and O–H groups in total. The van der Waals surface area contributed by atoms with Gasteiger partial charge in [0.25, 0.3) is 11.8 Å². The summed E-state index contributed by atoms with van der Waals surface area (Å²) in [5.41, 5.74) is 6.00. The Kier molecular flexibility index (Phi) is 4.54. The third kappa shape index (κ3) is 3.53. The van der Waals surface area contributed by atoms with Crippen LogP contribution in [0.1, 0.15) is 39.2 Å². The summed E-state index contributed by atoms with van der Waals surface area (Å²) < 4.78 is 5.29. The van der Waals surface area contributed by atoms with Gasteiger partial charge in [-0.15, -0.1) is 11.8 Å². The fourth-order valence-electron chi connectivity index (χ4n) is 2.46. The summed E-state index contributed by atoms with van der Waals surface area (Å²) in [6, 6.07) is 6.60. The van der Waals surface area contributed by atoms with Gasteiger partial charge in [-0.3, -0.25) is 25.2 Å². The van der Waals surface area contributed by atoms with Crippen LogP contribution in [0.3, 0.4) is 0 Å². The smallest absolute Gasteiger partial charge is 0.273 e. The topological polar surface area (TPSA) is 100 Å². The van der Waals surface area contributed by atoms with Crippen LogP contribution in [0.15, 0.2) is 33.6 Å². The van der Waals surface area contributed by atoms with Gasteiger partial charge >= 0.3 is 0 Å². The molecule has 7 nitrogen and oxygen atoms in total. The first-order valence-electron chi connectivity index (χ1n) is 7.64. The Hall–Kier alpha value is -2.74. The van der Waals surface area contributed by atoms with Crippen LogP contribution in [0.4, 0.5) is 5.69 Å². The van der Waals surface area contributed by atoms with Crippen LogP contribution in [0.25, 0.3) is 0 Å². The zero-order valence-electron chi connectivity index (χ0n) is 13.9. The van der Waals surface area contributed by atoms with E-state index in [0.29, 0.717) is 28.3 Å². The maximum atomic E-state index is 12.2. The van der Waals surface area contributed by atoms with Crippen molar-refractivity contribution < 1.29 is 18.8 Å². The van der Waals surface area contributed by atoms with E-state index in [-0.39, 0.29) is 11.2 Å². The third-order valence-corrected chi connectivity index (χ3v) is 4.93. The Morgan fingerprint density at radius 1 is 1.16 bits per heavy atom. The van der Waals surface area contributed by atoms with Gasteiger partial charge in [-0.05, 0) is 45.0 Å². The molecule has 0 unspecified atom stereocenters. The molecule has 2 aromatic rings. The predicted molar refractivity (Wildman–Crippen MR) is 93.5 cm³/mol. The Bertz CT molecular complexity index is 875. The van der Waals surface area contributed by atoms with Crippen LogP contribution < -0.4 is 16.2 Å². The predicted octanol–water partition coefficient (Wildman–Crippen LogP) is 2.40. The first kappa shape index (κ1) is 17.1. The summed E-state index contributed by atoms with van der Waals surface area (Å²) in [5, 5.41) is 2.59. The second-order valence-corrected chi connectivity index (χ2v) is 7.08. The number of rotatable bonds is 2. The van der Waals surface area contributed by atoms with E-state index < -0.39 is 11.8 Å². The molecule has 1 aliphatic heterocycles. The van der Waals surface area contributed by atoms with E-state index in [9.17, 15) is 14.4 Å². The zero-order valence-corrected chi connectivity index (χ0v) is 14.7. The van der Waals surface area contributed by atoms with Crippen molar-refractivity contribution in [1.29, 1.82) is 0 Å². The maximum absolute atomic E-state index is 12.2. The molecule has 2 heterocycles. The summed E-state index contributed by atoms with van der Waals surface area (Å²) in [6.45, 7) is 5.23. The number of hydrazine groups is 1. The van der Waals surface area contributed by atoms with Crippen molar-refractivity contribution in [3.8, 4) is 0 Å². The van der Waals surface area contributed by atoms with Crippen LogP contribution in [0.2, 0.25) is 0 Å². The van der Waals surface area contributed by atoms with Crippen molar-refractivity contribution in [3.63, 3.8) is 0 Å². The normalized spacial score (nSPS) is 16.0. The monoisotopic (exact) mass is 359 g/mol.